The van der Waals surface area contributed by atoms with Crippen molar-refractivity contribution in [1.82, 2.24) is 29.6 Å². The summed E-state index contributed by atoms with van der Waals surface area (Å²) in [4.78, 5) is 33.2. The zero-order valence-electron chi connectivity index (χ0n) is 15.6. The van der Waals surface area contributed by atoms with Crippen LogP contribution in [-0.2, 0) is 0 Å². The smallest absolute Gasteiger partial charge is 0.283 e. The monoisotopic (exact) mass is 382 g/mol. The Kier molecular flexibility index (Phi) is 4.38. The van der Waals surface area contributed by atoms with Crippen LogP contribution in [-0.4, -0.2) is 43.7 Å². The van der Waals surface area contributed by atoms with Gasteiger partial charge in [-0.3, -0.25) is 4.79 Å². The molecule has 0 saturated carbocycles. The fraction of sp³-hybridized carbons (Fsp3) is 0.278. The number of fused-ring (bicyclic) bond motifs is 2. The molecule has 0 amide bonds. The molecule has 28 heavy (non-hydrogen) atoms. The Morgan fingerprint density at radius 2 is 2.11 bits per heavy atom. The number of aromatic nitrogens is 6. The lowest BCUT2D eigenvalue weighted by atomic mass is 10.1. The third-order valence-corrected chi connectivity index (χ3v) is 4.50. The Morgan fingerprint density at radius 1 is 1.29 bits per heavy atom. The maximum atomic E-state index is 14.3. The molecule has 0 spiro atoms. The molecule has 0 bridgehead atoms. The van der Waals surface area contributed by atoms with E-state index in [2.05, 4.69) is 30.2 Å². The van der Waals surface area contributed by atoms with Gasteiger partial charge in [0, 0.05) is 14.1 Å². The standard InChI is InChI=1S/C18H19FN8O/c1-4-11(24-16-14-15(21-8-20-14)22-9-23-16)17-25-12-7-5-6-10(19)13(12)18(28)27(17)26(2)3/h5-9,11H,4H2,1-3H3,(H2,20,21,22,23,24)/t11-/m0/s1. The van der Waals surface area contributed by atoms with Gasteiger partial charge >= 0.3 is 0 Å². The van der Waals surface area contributed by atoms with Gasteiger partial charge in [0.2, 0.25) is 0 Å². The van der Waals surface area contributed by atoms with Gasteiger partial charge in [0.15, 0.2) is 17.3 Å². The lowest BCUT2D eigenvalue weighted by molar-refractivity contribution is 0.574. The van der Waals surface area contributed by atoms with Gasteiger partial charge in [-0.25, -0.2) is 29.0 Å². The van der Waals surface area contributed by atoms with E-state index in [0.717, 1.165) is 0 Å². The summed E-state index contributed by atoms with van der Waals surface area (Å²) in [5, 5.41) is 4.87. The number of imidazole rings is 1. The minimum absolute atomic E-state index is 0.0344. The first kappa shape index (κ1) is 17.8. The van der Waals surface area contributed by atoms with Crippen LogP contribution in [0.5, 0.6) is 0 Å². The normalized spacial score (nSPS) is 12.4. The summed E-state index contributed by atoms with van der Waals surface area (Å²) < 4.78 is 15.6. The van der Waals surface area contributed by atoms with Gasteiger partial charge in [-0.05, 0) is 18.6 Å². The maximum Gasteiger partial charge on any atom is 0.283 e. The van der Waals surface area contributed by atoms with Crippen LogP contribution in [0.1, 0.15) is 25.2 Å². The predicted molar refractivity (Wildman–Crippen MR) is 104 cm³/mol. The molecule has 0 aliphatic rings. The Hall–Kier alpha value is -3.56. The molecule has 4 aromatic rings. The Morgan fingerprint density at radius 3 is 2.86 bits per heavy atom. The number of nitrogens with zero attached hydrogens (tertiary/aromatic N) is 6. The molecule has 4 rings (SSSR count). The van der Waals surface area contributed by atoms with E-state index in [1.165, 1.54) is 23.4 Å². The van der Waals surface area contributed by atoms with E-state index in [-0.39, 0.29) is 11.4 Å². The van der Waals surface area contributed by atoms with Crippen LogP contribution in [0.15, 0.2) is 35.6 Å². The van der Waals surface area contributed by atoms with E-state index in [9.17, 15) is 9.18 Å². The SMILES string of the molecule is CC[C@H](Nc1ncnc2nc[nH]c12)c1nc2cccc(F)c2c(=O)n1N(C)C. The fourth-order valence-electron chi connectivity index (χ4n) is 3.20. The molecule has 0 aliphatic heterocycles. The van der Waals surface area contributed by atoms with Crippen molar-refractivity contribution in [3.05, 3.63) is 52.8 Å². The van der Waals surface area contributed by atoms with Gasteiger partial charge in [0.1, 0.15) is 23.0 Å². The summed E-state index contributed by atoms with van der Waals surface area (Å²) in [7, 11) is 3.42. The topological polar surface area (TPSA) is 105 Å². The molecule has 1 aromatic carbocycles. The van der Waals surface area contributed by atoms with Gasteiger partial charge in [-0.2, -0.15) is 0 Å². The maximum absolute atomic E-state index is 14.3. The largest absolute Gasteiger partial charge is 0.358 e. The second kappa shape index (κ2) is 6.87. The number of aromatic amines is 1. The van der Waals surface area contributed by atoms with Gasteiger partial charge in [0.05, 0.1) is 17.9 Å². The highest BCUT2D eigenvalue weighted by atomic mass is 19.1. The number of anilines is 1. The number of halogens is 1. The van der Waals surface area contributed by atoms with Crippen molar-refractivity contribution in [2.45, 2.75) is 19.4 Å². The second-order valence-corrected chi connectivity index (χ2v) is 6.50. The molecule has 1 atom stereocenters. The molecule has 0 aliphatic carbocycles. The summed E-state index contributed by atoms with van der Waals surface area (Å²) in [6.07, 6.45) is 3.57. The molecule has 0 saturated heterocycles. The minimum Gasteiger partial charge on any atom is -0.358 e. The van der Waals surface area contributed by atoms with Crippen LogP contribution in [0, 0.1) is 5.82 Å². The van der Waals surface area contributed by atoms with Crippen molar-refractivity contribution in [2.24, 2.45) is 0 Å². The second-order valence-electron chi connectivity index (χ2n) is 6.50. The van der Waals surface area contributed by atoms with Crippen molar-refractivity contribution in [3.8, 4) is 0 Å². The Balaban J connectivity index is 1.89. The predicted octanol–water partition coefficient (Wildman–Crippen LogP) is 1.96. The summed E-state index contributed by atoms with van der Waals surface area (Å²) in [6.45, 7) is 1.96. The summed E-state index contributed by atoms with van der Waals surface area (Å²) in [5.41, 5.74) is 1.04. The van der Waals surface area contributed by atoms with Crippen molar-refractivity contribution in [2.75, 3.05) is 24.4 Å². The highest BCUT2D eigenvalue weighted by Gasteiger charge is 2.23. The van der Waals surface area contributed by atoms with Crippen LogP contribution < -0.4 is 15.9 Å². The van der Waals surface area contributed by atoms with E-state index in [4.69, 9.17) is 0 Å². The minimum atomic E-state index is -0.590. The molecule has 0 fully saturated rings. The Bertz CT molecular complexity index is 1220. The number of benzene rings is 1. The van der Waals surface area contributed by atoms with Crippen LogP contribution >= 0.6 is 0 Å². The van der Waals surface area contributed by atoms with E-state index in [1.807, 2.05) is 6.92 Å². The van der Waals surface area contributed by atoms with E-state index in [0.29, 0.717) is 34.7 Å². The van der Waals surface area contributed by atoms with Crippen molar-refractivity contribution in [1.29, 1.82) is 0 Å². The van der Waals surface area contributed by atoms with Gasteiger partial charge < -0.3 is 15.3 Å². The molecule has 3 heterocycles. The van der Waals surface area contributed by atoms with Crippen LogP contribution in [0.4, 0.5) is 10.2 Å². The first-order valence-corrected chi connectivity index (χ1v) is 8.80. The van der Waals surface area contributed by atoms with Crippen LogP contribution in [0.25, 0.3) is 22.1 Å². The van der Waals surface area contributed by atoms with Gasteiger partial charge in [0.25, 0.3) is 5.56 Å². The summed E-state index contributed by atoms with van der Waals surface area (Å²) >= 11 is 0. The number of nitrogens with one attached hydrogen (secondary N) is 2. The number of hydrogen-bond donors (Lipinski definition) is 2. The number of H-pyrrole nitrogens is 1. The molecule has 3 aromatic heterocycles. The number of rotatable bonds is 5. The zero-order chi connectivity index (χ0) is 19.8. The lowest BCUT2D eigenvalue weighted by Gasteiger charge is -2.25. The quantitative estimate of drug-likeness (QED) is 0.544. The van der Waals surface area contributed by atoms with Crippen molar-refractivity contribution >= 4 is 27.9 Å². The molecule has 10 heteroatoms. The molecule has 0 unspecified atom stereocenters. The van der Waals surface area contributed by atoms with E-state index < -0.39 is 11.4 Å². The van der Waals surface area contributed by atoms with Gasteiger partial charge in [-0.1, -0.05) is 13.0 Å². The average Bonchev–Trinajstić information content (AvgIpc) is 3.15. The van der Waals surface area contributed by atoms with Crippen molar-refractivity contribution in [3.63, 3.8) is 0 Å². The first-order chi connectivity index (χ1) is 13.5. The average molecular weight is 382 g/mol. The summed E-state index contributed by atoms with van der Waals surface area (Å²) in [6, 6.07) is 4.08. The van der Waals surface area contributed by atoms with E-state index >= 15 is 0 Å². The Labute approximate surface area is 159 Å². The zero-order valence-corrected chi connectivity index (χ0v) is 15.6. The molecular formula is C18H19FN8O. The molecule has 0 radical (unpaired) electrons. The first-order valence-electron chi connectivity index (χ1n) is 8.80. The molecule has 9 nitrogen and oxygen atoms in total. The van der Waals surface area contributed by atoms with E-state index in [1.54, 1.807) is 31.2 Å². The van der Waals surface area contributed by atoms with Crippen LogP contribution in [0.2, 0.25) is 0 Å². The highest BCUT2D eigenvalue weighted by Crippen LogP contribution is 2.24. The summed E-state index contributed by atoms with van der Waals surface area (Å²) in [5.74, 6) is 0.420. The van der Waals surface area contributed by atoms with Crippen LogP contribution in [0.3, 0.4) is 0 Å². The van der Waals surface area contributed by atoms with Crippen molar-refractivity contribution < 1.29 is 4.39 Å². The molecule has 144 valence electrons. The third kappa shape index (κ3) is 2.82. The molecular weight excluding hydrogens is 363 g/mol. The third-order valence-electron chi connectivity index (χ3n) is 4.50. The highest BCUT2D eigenvalue weighted by molar-refractivity contribution is 5.82. The van der Waals surface area contributed by atoms with Gasteiger partial charge in [-0.15, -0.1) is 0 Å². The lowest BCUT2D eigenvalue weighted by Crippen LogP contribution is -2.41. The molecule has 2 N–H and O–H groups in total. The fourth-order valence-corrected chi connectivity index (χ4v) is 3.20. The number of hydrogen-bond acceptors (Lipinski definition) is 7.